The monoisotopic (exact) mass is 326 g/mol. The first kappa shape index (κ1) is 15.9. The molecule has 0 spiro atoms. The predicted molar refractivity (Wildman–Crippen MR) is 89.6 cm³/mol. The maximum absolute atomic E-state index is 12.4. The fraction of sp³-hybridized carbons (Fsp3) is 0.222. The maximum atomic E-state index is 12.4. The number of hydrogen-bond donors (Lipinski definition) is 2. The van der Waals surface area contributed by atoms with Crippen LogP contribution in [0.4, 0.5) is 5.69 Å². The summed E-state index contributed by atoms with van der Waals surface area (Å²) in [7, 11) is 1.63. The average Bonchev–Trinajstić information content (AvgIpc) is 2.61. The van der Waals surface area contributed by atoms with Crippen molar-refractivity contribution in [2.75, 3.05) is 25.6 Å². The topological polar surface area (TPSA) is 76.7 Å². The van der Waals surface area contributed by atoms with Crippen molar-refractivity contribution in [3.8, 4) is 11.5 Å². The molecule has 6 heteroatoms. The number of carbonyl (C=O) groups excluding carboxylic acids is 2. The minimum atomic E-state index is -0.225. The molecule has 24 heavy (non-hydrogen) atoms. The molecule has 0 radical (unpaired) electrons. The fourth-order valence-electron chi connectivity index (χ4n) is 2.50. The Morgan fingerprint density at radius 3 is 2.79 bits per heavy atom. The molecule has 0 fully saturated rings. The molecule has 1 heterocycles. The zero-order valence-corrected chi connectivity index (χ0v) is 13.3. The summed E-state index contributed by atoms with van der Waals surface area (Å²) in [6.45, 7) is 0.421. The number of rotatable bonds is 5. The summed E-state index contributed by atoms with van der Waals surface area (Å²) in [6.07, 6.45) is 0.711. The van der Waals surface area contributed by atoms with Crippen LogP contribution in [0.5, 0.6) is 11.5 Å². The van der Waals surface area contributed by atoms with Crippen LogP contribution in [-0.2, 0) is 11.2 Å². The van der Waals surface area contributed by atoms with Gasteiger partial charge in [0.1, 0.15) is 5.75 Å². The quantitative estimate of drug-likeness (QED) is 0.881. The van der Waals surface area contributed by atoms with Gasteiger partial charge in [-0.2, -0.15) is 0 Å². The Morgan fingerprint density at radius 2 is 2.04 bits per heavy atom. The van der Waals surface area contributed by atoms with E-state index in [0.717, 1.165) is 11.3 Å². The first-order valence-electron chi connectivity index (χ1n) is 7.64. The smallest absolute Gasteiger partial charge is 0.262 e. The van der Waals surface area contributed by atoms with Gasteiger partial charge in [-0.25, -0.2) is 0 Å². The van der Waals surface area contributed by atoms with E-state index in [2.05, 4.69) is 10.6 Å². The van der Waals surface area contributed by atoms with Crippen LogP contribution in [0.25, 0.3) is 0 Å². The average molecular weight is 326 g/mol. The normalized spacial score (nSPS) is 12.6. The van der Waals surface area contributed by atoms with Crippen molar-refractivity contribution >= 4 is 17.5 Å². The molecule has 124 valence electrons. The van der Waals surface area contributed by atoms with E-state index in [1.807, 2.05) is 24.3 Å². The summed E-state index contributed by atoms with van der Waals surface area (Å²) in [5, 5.41) is 5.57. The Bertz CT molecular complexity index is 756. The molecule has 0 unspecified atom stereocenters. The molecular weight excluding hydrogens is 308 g/mol. The predicted octanol–water partition coefficient (Wildman–Crippen LogP) is 2.00. The lowest BCUT2D eigenvalue weighted by atomic mass is 10.1. The first-order chi connectivity index (χ1) is 11.7. The van der Waals surface area contributed by atoms with Gasteiger partial charge in [-0.15, -0.1) is 0 Å². The molecule has 1 aliphatic heterocycles. The van der Waals surface area contributed by atoms with Crippen molar-refractivity contribution in [2.45, 2.75) is 6.42 Å². The molecule has 0 atom stereocenters. The molecule has 6 nitrogen and oxygen atoms in total. The second kappa shape index (κ2) is 7.04. The van der Waals surface area contributed by atoms with Gasteiger partial charge in [0.05, 0.1) is 18.4 Å². The minimum Gasteiger partial charge on any atom is -0.497 e. The lowest BCUT2D eigenvalue weighted by Gasteiger charge is -2.20. The largest absolute Gasteiger partial charge is 0.497 e. The van der Waals surface area contributed by atoms with Crippen molar-refractivity contribution < 1.29 is 19.1 Å². The molecule has 0 saturated carbocycles. The lowest BCUT2D eigenvalue weighted by Crippen LogP contribution is -2.30. The van der Waals surface area contributed by atoms with Crippen LogP contribution in [0.1, 0.15) is 15.9 Å². The van der Waals surface area contributed by atoms with Crippen LogP contribution in [0, 0.1) is 0 Å². The highest BCUT2D eigenvalue weighted by atomic mass is 16.5. The number of methoxy groups -OCH3 is 1. The van der Waals surface area contributed by atoms with Gasteiger partial charge in [0.2, 0.25) is 0 Å². The molecule has 2 N–H and O–H groups in total. The van der Waals surface area contributed by atoms with Crippen LogP contribution in [0.2, 0.25) is 0 Å². The summed E-state index contributed by atoms with van der Waals surface area (Å²) in [6, 6.07) is 12.8. The molecule has 0 aliphatic carbocycles. The van der Waals surface area contributed by atoms with Crippen LogP contribution in [-0.4, -0.2) is 32.1 Å². The van der Waals surface area contributed by atoms with Crippen molar-refractivity contribution in [1.29, 1.82) is 0 Å². The third-order valence-corrected chi connectivity index (χ3v) is 3.74. The number of anilines is 1. The molecule has 3 rings (SSSR count). The number of nitrogens with one attached hydrogen (secondary N) is 2. The van der Waals surface area contributed by atoms with Gasteiger partial charge in [-0.05, 0) is 36.2 Å². The highest BCUT2D eigenvalue weighted by Gasteiger charge is 2.22. The third-order valence-electron chi connectivity index (χ3n) is 3.74. The summed E-state index contributed by atoms with van der Waals surface area (Å²) >= 11 is 0. The zero-order valence-electron chi connectivity index (χ0n) is 13.3. The van der Waals surface area contributed by atoms with E-state index in [4.69, 9.17) is 9.47 Å². The van der Waals surface area contributed by atoms with Crippen molar-refractivity contribution in [1.82, 2.24) is 5.32 Å². The van der Waals surface area contributed by atoms with Crippen molar-refractivity contribution in [3.63, 3.8) is 0 Å². The van der Waals surface area contributed by atoms with E-state index in [1.165, 1.54) is 0 Å². The fourth-order valence-corrected chi connectivity index (χ4v) is 2.50. The van der Waals surface area contributed by atoms with Gasteiger partial charge in [0.15, 0.2) is 12.4 Å². The summed E-state index contributed by atoms with van der Waals surface area (Å²) in [5.74, 6) is 0.771. The molecule has 0 bridgehead atoms. The Kier molecular flexibility index (Phi) is 4.65. The van der Waals surface area contributed by atoms with Gasteiger partial charge in [-0.1, -0.05) is 18.2 Å². The van der Waals surface area contributed by atoms with Crippen LogP contribution < -0.4 is 20.1 Å². The van der Waals surface area contributed by atoms with Gasteiger partial charge in [0.25, 0.3) is 11.8 Å². The van der Waals surface area contributed by atoms with Crippen LogP contribution in [0.15, 0.2) is 42.5 Å². The Morgan fingerprint density at radius 1 is 1.25 bits per heavy atom. The zero-order chi connectivity index (χ0) is 16.9. The van der Waals surface area contributed by atoms with Gasteiger partial charge < -0.3 is 20.1 Å². The third kappa shape index (κ3) is 3.48. The van der Waals surface area contributed by atoms with E-state index in [0.29, 0.717) is 30.0 Å². The van der Waals surface area contributed by atoms with Gasteiger partial charge in [0, 0.05) is 6.54 Å². The number of carbonyl (C=O) groups is 2. The van der Waals surface area contributed by atoms with Crippen LogP contribution >= 0.6 is 0 Å². The number of fused-ring (bicyclic) bond motifs is 1. The van der Waals surface area contributed by atoms with E-state index >= 15 is 0 Å². The number of amides is 2. The minimum absolute atomic E-state index is 0.0802. The van der Waals surface area contributed by atoms with E-state index in [9.17, 15) is 9.59 Å². The lowest BCUT2D eigenvalue weighted by molar-refractivity contribution is -0.118. The molecular formula is C18H18N2O4. The molecule has 2 amide bonds. The molecule has 2 aromatic rings. The molecule has 1 aliphatic rings. The Balaban J connectivity index is 1.61. The van der Waals surface area contributed by atoms with Gasteiger partial charge >= 0.3 is 0 Å². The highest BCUT2D eigenvalue weighted by molar-refractivity contribution is 6.03. The highest BCUT2D eigenvalue weighted by Crippen LogP contribution is 2.31. The standard InChI is InChI=1S/C18H18N2O4/c1-23-13-7-5-12(6-8-13)9-10-19-18(22)14-3-2-4-15-17(14)24-11-16(21)20-15/h2-8H,9-11H2,1H3,(H,19,22)(H,20,21). The van der Waals surface area contributed by atoms with Gasteiger partial charge in [-0.3, -0.25) is 9.59 Å². The molecule has 2 aromatic carbocycles. The summed E-state index contributed by atoms with van der Waals surface area (Å²) in [5.41, 5.74) is 2.05. The first-order valence-corrected chi connectivity index (χ1v) is 7.64. The maximum Gasteiger partial charge on any atom is 0.262 e. The summed E-state index contributed by atoms with van der Waals surface area (Å²) < 4.78 is 10.5. The van der Waals surface area contributed by atoms with E-state index in [1.54, 1.807) is 25.3 Å². The summed E-state index contributed by atoms with van der Waals surface area (Å²) in [4.78, 5) is 23.7. The molecule has 0 aromatic heterocycles. The Hall–Kier alpha value is -3.02. The second-order valence-corrected chi connectivity index (χ2v) is 5.37. The number of benzene rings is 2. The van der Waals surface area contributed by atoms with Crippen molar-refractivity contribution in [3.05, 3.63) is 53.6 Å². The number of para-hydroxylation sites is 1. The number of ether oxygens (including phenoxy) is 2. The van der Waals surface area contributed by atoms with Crippen molar-refractivity contribution in [2.24, 2.45) is 0 Å². The Labute approximate surface area is 139 Å². The van der Waals surface area contributed by atoms with E-state index in [-0.39, 0.29) is 18.4 Å². The molecule has 0 saturated heterocycles. The SMILES string of the molecule is COc1ccc(CCNC(=O)c2cccc3c2OCC(=O)N3)cc1. The van der Waals surface area contributed by atoms with E-state index < -0.39 is 0 Å². The van der Waals surface area contributed by atoms with Crippen LogP contribution in [0.3, 0.4) is 0 Å². The number of hydrogen-bond acceptors (Lipinski definition) is 4. The second-order valence-electron chi connectivity index (χ2n) is 5.37.